The summed E-state index contributed by atoms with van der Waals surface area (Å²) in [7, 11) is 1.63. The van der Waals surface area contributed by atoms with Gasteiger partial charge in [0.25, 0.3) is 0 Å². The Bertz CT molecular complexity index is 845. The zero-order valence-electron chi connectivity index (χ0n) is 12.8. The van der Waals surface area contributed by atoms with Crippen LogP contribution in [-0.4, -0.2) is 23.8 Å². The largest absolute Gasteiger partial charge is 0.496 e. The summed E-state index contributed by atoms with van der Waals surface area (Å²) in [5.41, 5.74) is 2.10. The molecule has 0 atom stereocenters. The van der Waals surface area contributed by atoms with Crippen molar-refractivity contribution in [3.05, 3.63) is 48.0 Å². The van der Waals surface area contributed by atoms with Gasteiger partial charge in [0.05, 0.1) is 23.1 Å². The summed E-state index contributed by atoms with van der Waals surface area (Å²) in [6.07, 6.45) is 0. The summed E-state index contributed by atoms with van der Waals surface area (Å²) in [6.45, 7) is 2.04. The van der Waals surface area contributed by atoms with E-state index in [1.165, 1.54) is 28.7 Å². The Morgan fingerprint density at radius 1 is 1.30 bits per heavy atom. The van der Waals surface area contributed by atoms with Crippen molar-refractivity contribution < 1.29 is 9.53 Å². The molecule has 0 unspecified atom stereocenters. The number of rotatable bonds is 5. The molecule has 23 heavy (non-hydrogen) atoms. The van der Waals surface area contributed by atoms with Crippen LogP contribution in [0.5, 0.6) is 5.75 Å². The van der Waals surface area contributed by atoms with Gasteiger partial charge >= 0.3 is 0 Å². The van der Waals surface area contributed by atoms with Crippen molar-refractivity contribution >= 4 is 44.4 Å². The topological polar surface area (TPSA) is 51.2 Å². The molecule has 2 aromatic carbocycles. The molecule has 3 aromatic rings. The predicted molar refractivity (Wildman–Crippen MR) is 96.7 cm³/mol. The minimum atomic E-state index is -0.0725. The standard InChI is InChI=1S/C17H16N2O2S2/c1-11-7-8-12-15(9-11)23-17(18-12)19-16(20)10-22-14-6-4-3-5-13(14)21-2/h3-9H,10H2,1-2H3,(H,18,19,20). The highest BCUT2D eigenvalue weighted by atomic mass is 32.2. The Kier molecular flexibility index (Phi) is 4.83. The number of hydrogen-bond donors (Lipinski definition) is 1. The number of methoxy groups -OCH3 is 1. The number of thiazole rings is 1. The Hall–Kier alpha value is -2.05. The number of hydrogen-bond acceptors (Lipinski definition) is 5. The third-order valence-corrected chi connectivity index (χ3v) is 5.21. The normalized spacial score (nSPS) is 10.7. The first kappa shape index (κ1) is 15.8. The van der Waals surface area contributed by atoms with Gasteiger partial charge in [0.15, 0.2) is 5.13 Å². The smallest absolute Gasteiger partial charge is 0.236 e. The molecule has 0 saturated heterocycles. The van der Waals surface area contributed by atoms with E-state index in [0.29, 0.717) is 10.9 Å². The van der Waals surface area contributed by atoms with Gasteiger partial charge in [-0.05, 0) is 36.8 Å². The number of nitrogens with one attached hydrogen (secondary N) is 1. The van der Waals surface area contributed by atoms with Crippen molar-refractivity contribution in [2.24, 2.45) is 0 Å². The quantitative estimate of drug-likeness (QED) is 0.699. The van der Waals surface area contributed by atoms with Crippen LogP contribution in [0.3, 0.4) is 0 Å². The number of fused-ring (bicyclic) bond motifs is 1. The van der Waals surface area contributed by atoms with Gasteiger partial charge in [-0.25, -0.2) is 4.98 Å². The number of carbonyl (C=O) groups is 1. The number of aryl methyl sites for hydroxylation is 1. The lowest BCUT2D eigenvalue weighted by atomic mass is 10.2. The van der Waals surface area contributed by atoms with E-state index < -0.39 is 0 Å². The fourth-order valence-electron chi connectivity index (χ4n) is 2.12. The third-order valence-electron chi connectivity index (χ3n) is 3.22. The van der Waals surface area contributed by atoms with E-state index in [9.17, 15) is 4.79 Å². The Labute approximate surface area is 142 Å². The first-order chi connectivity index (χ1) is 11.2. The van der Waals surface area contributed by atoms with E-state index in [1.807, 2.05) is 43.3 Å². The van der Waals surface area contributed by atoms with E-state index in [0.717, 1.165) is 20.9 Å². The lowest BCUT2D eigenvalue weighted by molar-refractivity contribution is -0.113. The molecule has 4 nitrogen and oxygen atoms in total. The molecule has 0 radical (unpaired) electrons. The summed E-state index contributed by atoms with van der Waals surface area (Å²) < 4.78 is 6.37. The number of anilines is 1. The first-order valence-electron chi connectivity index (χ1n) is 7.08. The van der Waals surface area contributed by atoms with Crippen molar-refractivity contribution in [3.63, 3.8) is 0 Å². The molecule has 6 heteroatoms. The lowest BCUT2D eigenvalue weighted by Crippen LogP contribution is -2.13. The Morgan fingerprint density at radius 3 is 2.96 bits per heavy atom. The average molecular weight is 344 g/mol. The van der Waals surface area contributed by atoms with Crippen molar-refractivity contribution in [1.82, 2.24) is 4.98 Å². The van der Waals surface area contributed by atoms with E-state index >= 15 is 0 Å². The maximum Gasteiger partial charge on any atom is 0.236 e. The minimum absolute atomic E-state index is 0.0725. The molecule has 0 saturated carbocycles. The molecule has 0 spiro atoms. The molecule has 1 N–H and O–H groups in total. The summed E-state index contributed by atoms with van der Waals surface area (Å²) >= 11 is 2.94. The fourth-order valence-corrected chi connectivity index (χ4v) is 3.93. The van der Waals surface area contributed by atoms with E-state index in [2.05, 4.69) is 16.4 Å². The zero-order chi connectivity index (χ0) is 16.2. The number of aromatic nitrogens is 1. The number of nitrogens with zero attached hydrogens (tertiary/aromatic N) is 1. The summed E-state index contributed by atoms with van der Waals surface area (Å²) in [4.78, 5) is 17.5. The molecule has 0 bridgehead atoms. The van der Waals surface area contributed by atoms with Crippen LogP contribution in [0.25, 0.3) is 10.2 Å². The molecule has 1 aromatic heterocycles. The highest BCUT2D eigenvalue weighted by Crippen LogP contribution is 2.30. The monoisotopic (exact) mass is 344 g/mol. The van der Waals surface area contributed by atoms with Gasteiger partial charge in [-0.2, -0.15) is 0 Å². The van der Waals surface area contributed by atoms with E-state index in [4.69, 9.17) is 4.74 Å². The van der Waals surface area contributed by atoms with Gasteiger partial charge in [0.1, 0.15) is 5.75 Å². The molecular formula is C17H16N2O2S2. The second kappa shape index (κ2) is 7.02. The number of carbonyl (C=O) groups excluding carboxylic acids is 1. The lowest BCUT2D eigenvalue weighted by Gasteiger charge is -2.07. The molecular weight excluding hydrogens is 328 g/mol. The number of ether oxygens (including phenoxy) is 1. The number of thioether (sulfide) groups is 1. The highest BCUT2D eigenvalue weighted by Gasteiger charge is 2.10. The first-order valence-corrected chi connectivity index (χ1v) is 8.89. The third kappa shape index (κ3) is 3.83. The van der Waals surface area contributed by atoms with Gasteiger partial charge in [-0.15, -0.1) is 11.8 Å². The highest BCUT2D eigenvalue weighted by molar-refractivity contribution is 8.00. The van der Waals surface area contributed by atoms with Crippen LogP contribution >= 0.6 is 23.1 Å². The summed E-state index contributed by atoms with van der Waals surface area (Å²) in [5.74, 6) is 1.02. The fraction of sp³-hybridized carbons (Fsp3) is 0.176. The van der Waals surface area contributed by atoms with Crippen molar-refractivity contribution in [2.45, 2.75) is 11.8 Å². The SMILES string of the molecule is COc1ccccc1SCC(=O)Nc1nc2ccc(C)cc2s1. The van der Waals surface area contributed by atoms with Gasteiger partial charge in [-0.1, -0.05) is 29.5 Å². The minimum Gasteiger partial charge on any atom is -0.496 e. The van der Waals surface area contributed by atoms with Crippen molar-refractivity contribution in [2.75, 3.05) is 18.2 Å². The Morgan fingerprint density at radius 2 is 2.13 bits per heavy atom. The van der Waals surface area contributed by atoms with Crippen LogP contribution in [0, 0.1) is 6.92 Å². The molecule has 1 amide bonds. The van der Waals surface area contributed by atoms with Gasteiger partial charge in [-0.3, -0.25) is 4.79 Å². The van der Waals surface area contributed by atoms with Crippen LogP contribution in [-0.2, 0) is 4.79 Å². The maximum absolute atomic E-state index is 12.1. The van der Waals surface area contributed by atoms with Crippen LogP contribution in [0.15, 0.2) is 47.4 Å². The number of para-hydroxylation sites is 1. The molecule has 0 aliphatic carbocycles. The maximum atomic E-state index is 12.1. The van der Waals surface area contributed by atoms with Crippen LogP contribution in [0.2, 0.25) is 0 Å². The van der Waals surface area contributed by atoms with Crippen LogP contribution < -0.4 is 10.1 Å². The van der Waals surface area contributed by atoms with Gasteiger partial charge < -0.3 is 10.1 Å². The Balaban J connectivity index is 1.64. The van der Waals surface area contributed by atoms with Crippen LogP contribution in [0.1, 0.15) is 5.56 Å². The van der Waals surface area contributed by atoms with Gasteiger partial charge in [0, 0.05) is 4.90 Å². The predicted octanol–water partition coefficient (Wildman–Crippen LogP) is 4.34. The average Bonchev–Trinajstić information content (AvgIpc) is 2.94. The van der Waals surface area contributed by atoms with Crippen molar-refractivity contribution in [3.8, 4) is 5.75 Å². The van der Waals surface area contributed by atoms with E-state index in [1.54, 1.807) is 7.11 Å². The van der Waals surface area contributed by atoms with Gasteiger partial charge in [0.2, 0.25) is 5.91 Å². The zero-order valence-corrected chi connectivity index (χ0v) is 14.5. The van der Waals surface area contributed by atoms with Crippen LogP contribution in [0.4, 0.5) is 5.13 Å². The molecule has 3 rings (SSSR count). The molecule has 0 aliphatic heterocycles. The van der Waals surface area contributed by atoms with E-state index in [-0.39, 0.29) is 5.91 Å². The number of benzene rings is 2. The second-order valence-electron chi connectivity index (χ2n) is 4.98. The second-order valence-corrected chi connectivity index (χ2v) is 7.03. The number of amides is 1. The molecule has 1 heterocycles. The summed E-state index contributed by atoms with van der Waals surface area (Å²) in [5, 5.41) is 3.50. The molecule has 0 fully saturated rings. The molecule has 0 aliphatic rings. The van der Waals surface area contributed by atoms with Crippen molar-refractivity contribution in [1.29, 1.82) is 0 Å². The summed E-state index contributed by atoms with van der Waals surface area (Å²) in [6, 6.07) is 13.7. The molecule has 118 valence electrons.